The molecule has 0 saturated carbocycles. The fraction of sp³-hybridized carbons (Fsp3) is 0.500. The minimum Gasteiger partial charge on any atom is -0.340 e. The molecule has 5 nitrogen and oxygen atoms in total. The molecule has 2 aliphatic heterocycles. The lowest BCUT2D eigenvalue weighted by Crippen LogP contribution is -2.69. The van der Waals surface area contributed by atoms with Gasteiger partial charge in [-0.1, -0.05) is 30.3 Å². The molecule has 118 valence electrons. The summed E-state index contributed by atoms with van der Waals surface area (Å²) in [4.78, 5) is 26.5. The van der Waals surface area contributed by atoms with Gasteiger partial charge in [0.15, 0.2) is 0 Å². The smallest absolute Gasteiger partial charge is 0.249 e. The molecule has 0 aliphatic carbocycles. The summed E-state index contributed by atoms with van der Waals surface area (Å²) in [6.45, 7) is 6.31. The number of rotatable bonds is 3. The van der Waals surface area contributed by atoms with E-state index in [4.69, 9.17) is 5.73 Å². The van der Waals surface area contributed by atoms with Crippen molar-refractivity contribution in [1.29, 1.82) is 0 Å². The molecular formula is C16H21N3O2S. The molecule has 2 aliphatic rings. The van der Waals surface area contributed by atoms with Crippen molar-refractivity contribution in [3.63, 3.8) is 0 Å². The second kappa shape index (κ2) is 5.28. The zero-order valence-electron chi connectivity index (χ0n) is 12.9. The van der Waals surface area contributed by atoms with Gasteiger partial charge >= 0.3 is 0 Å². The number of benzene rings is 1. The second-order valence-corrected chi connectivity index (χ2v) is 8.18. The number of thioether (sulfide) groups is 1. The van der Waals surface area contributed by atoms with Crippen LogP contribution < -0.4 is 11.1 Å². The molecule has 2 amide bonds. The molecule has 0 unspecified atom stereocenters. The number of carbonyl (C=O) groups excluding carboxylic acids is 2. The molecule has 1 aromatic rings. The maximum absolute atomic E-state index is 12.3. The van der Waals surface area contributed by atoms with Crippen LogP contribution >= 0.6 is 11.8 Å². The fourth-order valence-corrected chi connectivity index (χ4v) is 4.61. The number of nitrogens with zero attached hydrogens (tertiary/aromatic N) is 1. The maximum atomic E-state index is 12.3. The van der Waals surface area contributed by atoms with Crippen LogP contribution in [0.25, 0.3) is 0 Å². The Morgan fingerprint density at radius 1 is 1.36 bits per heavy atom. The Bertz CT molecular complexity index is 605. The van der Waals surface area contributed by atoms with Crippen LogP contribution in [0.15, 0.2) is 30.3 Å². The summed E-state index contributed by atoms with van der Waals surface area (Å²) < 4.78 is 0.00134. The standard InChI is InChI=1S/C16H21N3O2S/c1-9-16(2,3)22-15-12(14(21)19(9)15)18-13(20)11(17)10-7-5-4-6-8-10/h4-9,11-12,15H,17H2,1-3H3,(H,18,20)/t9-,11-,12+,15+/m0/s1. The minimum atomic E-state index is -0.750. The van der Waals surface area contributed by atoms with Crippen LogP contribution in [0.2, 0.25) is 0 Å². The van der Waals surface area contributed by atoms with Gasteiger partial charge in [-0.05, 0) is 26.3 Å². The Hall–Kier alpha value is -1.53. The van der Waals surface area contributed by atoms with Crippen molar-refractivity contribution >= 4 is 23.6 Å². The highest BCUT2D eigenvalue weighted by molar-refractivity contribution is 8.01. The molecular weight excluding hydrogens is 298 g/mol. The molecule has 2 heterocycles. The predicted molar refractivity (Wildman–Crippen MR) is 87.1 cm³/mol. The van der Waals surface area contributed by atoms with Crippen LogP contribution in [-0.4, -0.2) is 38.9 Å². The Morgan fingerprint density at radius 3 is 2.64 bits per heavy atom. The van der Waals surface area contributed by atoms with Crippen molar-refractivity contribution in [2.24, 2.45) is 5.73 Å². The average Bonchev–Trinajstić information content (AvgIpc) is 2.72. The van der Waals surface area contributed by atoms with Gasteiger partial charge in [-0.2, -0.15) is 0 Å². The molecule has 4 atom stereocenters. The van der Waals surface area contributed by atoms with Crippen molar-refractivity contribution < 1.29 is 9.59 Å². The highest BCUT2D eigenvalue weighted by atomic mass is 32.2. The van der Waals surface area contributed by atoms with Crippen molar-refractivity contribution in [2.75, 3.05) is 0 Å². The van der Waals surface area contributed by atoms with Crippen molar-refractivity contribution in [3.05, 3.63) is 35.9 Å². The zero-order valence-corrected chi connectivity index (χ0v) is 13.8. The lowest BCUT2D eigenvalue weighted by Gasteiger charge is -2.44. The molecule has 2 saturated heterocycles. The van der Waals surface area contributed by atoms with Gasteiger partial charge in [0, 0.05) is 10.8 Å². The number of hydrogen-bond donors (Lipinski definition) is 2. The van der Waals surface area contributed by atoms with Gasteiger partial charge in [0.05, 0.1) is 0 Å². The van der Waals surface area contributed by atoms with Crippen molar-refractivity contribution in [3.8, 4) is 0 Å². The summed E-state index contributed by atoms with van der Waals surface area (Å²) in [5.74, 6) is -0.314. The van der Waals surface area contributed by atoms with Gasteiger partial charge in [0.25, 0.3) is 0 Å². The Balaban J connectivity index is 1.68. The zero-order chi connectivity index (χ0) is 16.1. The SMILES string of the molecule is C[C@@H]1N2C(=O)[C@@H](NC(=O)[C@@H](N)c3ccccc3)[C@H]2SC1(C)C. The first-order valence-corrected chi connectivity index (χ1v) is 8.32. The second-order valence-electron chi connectivity index (χ2n) is 6.41. The summed E-state index contributed by atoms with van der Waals surface area (Å²) in [6.07, 6.45) is 0. The number of fused-ring (bicyclic) bond motifs is 1. The number of nitrogens with one attached hydrogen (secondary N) is 1. The summed E-state index contributed by atoms with van der Waals surface area (Å²) >= 11 is 1.74. The first kappa shape index (κ1) is 15.4. The lowest BCUT2D eigenvalue weighted by molar-refractivity contribution is -0.150. The number of hydrogen-bond acceptors (Lipinski definition) is 4. The monoisotopic (exact) mass is 319 g/mol. The Kier molecular flexibility index (Phi) is 3.69. The van der Waals surface area contributed by atoms with E-state index in [1.807, 2.05) is 35.2 Å². The van der Waals surface area contributed by atoms with Gasteiger partial charge < -0.3 is 16.0 Å². The molecule has 0 radical (unpaired) electrons. The van der Waals surface area contributed by atoms with E-state index in [-0.39, 0.29) is 28.0 Å². The van der Waals surface area contributed by atoms with Crippen molar-refractivity contribution in [1.82, 2.24) is 10.2 Å². The summed E-state index contributed by atoms with van der Waals surface area (Å²) in [6, 6.07) is 8.15. The van der Waals surface area contributed by atoms with E-state index in [2.05, 4.69) is 26.1 Å². The molecule has 3 rings (SSSR count). The number of β-lactam (4-membered cyclic amide) rings is 1. The third kappa shape index (κ3) is 2.30. The molecule has 6 heteroatoms. The predicted octanol–water partition coefficient (Wildman–Crippen LogP) is 1.25. The van der Waals surface area contributed by atoms with Crippen molar-refractivity contribution in [2.45, 2.75) is 49.0 Å². The summed E-state index contributed by atoms with van der Waals surface area (Å²) in [7, 11) is 0. The van der Waals surface area contributed by atoms with E-state index in [0.29, 0.717) is 0 Å². The van der Waals surface area contributed by atoms with Gasteiger partial charge in [0.1, 0.15) is 17.5 Å². The number of carbonyl (C=O) groups is 2. The summed E-state index contributed by atoms with van der Waals surface area (Å²) in [5, 5.41) is 2.84. The van der Waals surface area contributed by atoms with Crippen LogP contribution in [0.3, 0.4) is 0 Å². The molecule has 0 aromatic heterocycles. The van der Waals surface area contributed by atoms with E-state index in [1.165, 1.54) is 0 Å². The molecule has 2 fully saturated rings. The van der Waals surface area contributed by atoms with E-state index >= 15 is 0 Å². The van der Waals surface area contributed by atoms with Gasteiger partial charge in [0.2, 0.25) is 11.8 Å². The van der Waals surface area contributed by atoms with Crippen LogP contribution in [0, 0.1) is 0 Å². The first-order chi connectivity index (χ1) is 10.3. The van der Waals surface area contributed by atoms with E-state index in [1.54, 1.807) is 11.8 Å². The van der Waals surface area contributed by atoms with Crippen LogP contribution in [-0.2, 0) is 9.59 Å². The third-order valence-electron chi connectivity index (χ3n) is 4.67. The first-order valence-electron chi connectivity index (χ1n) is 7.44. The van der Waals surface area contributed by atoms with Gasteiger partial charge in [-0.15, -0.1) is 11.8 Å². The Morgan fingerprint density at radius 2 is 2.00 bits per heavy atom. The largest absolute Gasteiger partial charge is 0.340 e. The summed E-state index contributed by atoms with van der Waals surface area (Å²) in [5.41, 5.74) is 6.73. The van der Waals surface area contributed by atoms with Gasteiger partial charge in [-0.3, -0.25) is 9.59 Å². The molecule has 1 aromatic carbocycles. The average molecular weight is 319 g/mol. The fourth-order valence-electron chi connectivity index (χ4n) is 2.95. The Labute approximate surface area is 134 Å². The van der Waals surface area contributed by atoms with E-state index in [9.17, 15) is 9.59 Å². The molecule has 22 heavy (non-hydrogen) atoms. The molecule has 3 N–H and O–H groups in total. The van der Waals surface area contributed by atoms with Crippen LogP contribution in [0.4, 0.5) is 0 Å². The topological polar surface area (TPSA) is 75.4 Å². The number of amides is 2. The highest BCUT2D eigenvalue weighted by Gasteiger charge is 2.60. The highest BCUT2D eigenvalue weighted by Crippen LogP contribution is 2.50. The minimum absolute atomic E-state index is 0.00134. The van der Waals surface area contributed by atoms with E-state index < -0.39 is 12.1 Å². The lowest BCUT2D eigenvalue weighted by atomic mass is 9.97. The normalized spacial score (nSPS) is 30.5. The maximum Gasteiger partial charge on any atom is 0.249 e. The molecule has 0 spiro atoms. The number of nitrogens with two attached hydrogens (primary N) is 1. The van der Waals surface area contributed by atoms with Gasteiger partial charge in [-0.25, -0.2) is 0 Å². The van der Waals surface area contributed by atoms with E-state index in [0.717, 1.165) is 5.56 Å². The third-order valence-corrected chi connectivity index (χ3v) is 6.36. The quantitative estimate of drug-likeness (QED) is 0.822. The molecule has 0 bridgehead atoms. The van der Waals surface area contributed by atoms with Crippen LogP contribution in [0.1, 0.15) is 32.4 Å². The van der Waals surface area contributed by atoms with Crippen LogP contribution in [0.5, 0.6) is 0 Å².